The molecule has 3 rings (SSSR count). The van der Waals surface area contributed by atoms with Crippen LogP contribution in [0.3, 0.4) is 0 Å². The van der Waals surface area contributed by atoms with E-state index < -0.39 is 0 Å². The van der Waals surface area contributed by atoms with Crippen LogP contribution in [0.4, 0.5) is 10.1 Å². The van der Waals surface area contributed by atoms with Crippen molar-refractivity contribution in [1.82, 2.24) is 0 Å². The summed E-state index contributed by atoms with van der Waals surface area (Å²) in [6.07, 6.45) is 0.728. The second kappa shape index (κ2) is 5.41. The van der Waals surface area contributed by atoms with Gasteiger partial charge in [0.05, 0.1) is 19.3 Å². The van der Waals surface area contributed by atoms with Gasteiger partial charge in [0.15, 0.2) is 0 Å². The molecule has 0 aromatic heterocycles. The Bertz CT molecular complexity index is 615. The molecule has 20 heavy (non-hydrogen) atoms. The van der Waals surface area contributed by atoms with Crippen molar-refractivity contribution >= 4 is 5.69 Å². The van der Waals surface area contributed by atoms with E-state index in [2.05, 4.69) is 5.32 Å². The zero-order chi connectivity index (χ0) is 13.9. The fourth-order valence-electron chi connectivity index (χ4n) is 2.42. The minimum atomic E-state index is -0.217. The summed E-state index contributed by atoms with van der Waals surface area (Å²) in [5.41, 5.74) is 1.86. The summed E-state index contributed by atoms with van der Waals surface area (Å²) in [5.74, 6) is 1.36. The molecule has 3 nitrogen and oxygen atoms in total. The van der Waals surface area contributed by atoms with Gasteiger partial charge < -0.3 is 14.8 Å². The van der Waals surface area contributed by atoms with Gasteiger partial charge in [0.2, 0.25) is 0 Å². The molecule has 1 atom stereocenters. The molecule has 0 amide bonds. The van der Waals surface area contributed by atoms with Gasteiger partial charge in [-0.05, 0) is 30.3 Å². The molecule has 2 aromatic rings. The lowest BCUT2D eigenvalue weighted by molar-refractivity contribution is 0.246. The lowest BCUT2D eigenvalue weighted by atomic mass is 10.1. The maximum absolute atomic E-state index is 13.2. The number of rotatable bonds is 4. The number of nitrogens with one attached hydrogen (secondary N) is 1. The van der Waals surface area contributed by atoms with Crippen molar-refractivity contribution in [1.29, 1.82) is 0 Å². The molecule has 1 aliphatic rings. The molecular formula is C16H16FNO2. The van der Waals surface area contributed by atoms with Gasteiger partial charge in [-0.15, -0.1) is 0 Å². The third-order valence-electron chi connectivity index (χ3n) is 3.39. The van der Waals surface area contributed by atoms with E-state index in [4.69, 9.17) is 9.47 Å². The van der Waals surface area contributed by atoms with Gasteiger partial charge in [-0.1, -0.05) is 12.1 Å². The Hall–Kier alpha value is -2.23. The number of benzene rings is 2. The summed E-state index contributed by atoms with van der Waals surface area (Å²) < 4.78 is 24.2. The van der Waals surface area contributed by atoms with E-state index in [1.54, 1.807) is 19.2 Å². The molecule has 0 fully saturated rings. The Kier molecular flexibility index (Phi) is 3.46. The molecule has 0 radical (unpaired) electrons. The molecule has 0 saturated heterocycles. The van der Waals surface area contributed by atoms with Gasteiger partial charge >= 0.3 is 0 Å². The van der Waals surface area contributed by atoms with Crippen LogP contribution in [0.2, 0.25) is 0 Å². The summed E-state index contributed by atoms with van der Waals surface area (Å²) in [7, 11) is 1.64. The minimum Gasteiger partial charge on any atom is -0.495 e. The first kappa shape index (κ1) is 12.8. The zero-order valence-electron chi connectivity index (χ0n) is 11.2. The molecule has 1 unspecified atom stereocenters. The number of hydrogen-bond donors (Lipinski definition) is 1. The largest absolute Gasteiger partial charge is 0.495 e. The first-order chi connectivity index (χ1) is 9.76. The third kappa shape index (κ3) is 2.54. The average Bonchev–Trinajstić information content (AvgIpc) is 2.87. The van der Waals surface area contributed by atoms with E-state index >= 15 is 0 Å². The van der Waals surface area contributed by atoms with E-state index in [-0.39, 0.29) is 11.9 Å². The first-order valence-corrected chi connectivity index (χ1v) is 6.58. The smallest absolute Gasteiger partial charge is 0.141 e. The Balaban J connectivity index is 1.64. The predicted molar refractivity (Wildman–Crippen MR) is 76.0 cm³/mol. The monoisotopic (exact) mass is 273 g/mol. The summed E-state index contributed by atoms with van der Waals surface area (Å²) in [6, 6.07) is 12.4. The van der Waals surface area contributed by atoms with Crippen LogP contribution in [0.1, 0.15) is 5.56 Å². The highest BCUT2D eigenvalue weighted by atomic mass is 19.1. The van der Waals surface area contributed by atoms with Gasteiger partial charge in [0.1, 0.15) is 23.4 Å². The Morgan fingerprint density at radius 1 is 1.30 bits per heavy atom. The molecule has 0 bridgehead atoms. The highest BCUT2D eigenvalue weighted by Crippen LogP contribution is 2.30. The summed E-state index contributed by atoms with van der Waals surface area (Å²) >= 11 is 0. The second-order valence-electron chi connectivity index (χ2n) is 4.78. The summed E-state index contributed by atoms with van der Waals surface area (Å²) in [5, 5.41) is 3.31. The molecule has 2 aromatic carbocycles. The fourth-order valence-corrected chi connectivity index (χ4v) is 2.42. The molecule has 0 aliphatic carbocycles. The van der Waals surface area contributed by atoms with Crippen molar-refractivity contribution in [3.63, 3.8) is 0 Å². The van der Waals surface area contributed by atoms with Crippen LogP contribution in [0.5, 0.6) is 11.5 Å². The van der Waals surface area contributed by atoms with E-state index in [0.29, 0.717) is 6.54 Å². The van der Waals surface area contributed by atoms with E-state index in [9.17, 15) is 4.39 Å². The third-order valence-corrected chi connectivity index (χ3v) is 3.39. The molecular weight excluding hydrogens is 257 g/mol. The highest BCUT2D eigenvalue weighted by molar-refractivity contribution is 5.56. The molecule has 0 spiro atoms. The lowest BCUT2D eigenvalue weighted by Crippen LogP contribution is -2.24. The molecule has 4 heteroatoms. The molecule has 0 saturated carbocycles. The van der Waals surface area contributed by atoms with Crippen LogP contribution in [-0.2, 0) is 6.42 Å². The van der Waals surface area contributed by atoms with E-state index in [1.165, 1.54) is 6.07 Å². The zero-order valence-corrected chi connectivity index (χ0v) is 11.2. The van der Waals surface area contributed by atoms with Crippen LogP contribution in [0.25, 0.3) is 0 Å². The van der Waals surface area contributed by atoms with Gasteiger partial charge in [-0.3, -0.25) is 0 Å². The number of anilines is 1. The Morgan fingerprint density at radius 2 is 2.15 bits per heavy atom. The molecule has 1 aliphatic heterocycles. The Labute approximate surface area is 117 Å². The van der Waals surface area contributed by atoms with Crippen molar-refractivity contribution in [2.75, 3.05) is 19.0 Å². The van der Waals surface area contributed by atoms with Gasteiger partial charge in [-0.25, -0.2) is 4.39 Å². The number of halogens is 1. The van der Waals surface area contributed by atoms with Crippen LogP contribution >= 0.6 is 0 Å². The maximum atomic E-state index is 13.2. The van der Waals surface area contributed by atoms with Crippen LogP contribution in [0, 0.1) is 5.82 Å². The number of methoxy groups -OCH3 is 1. The van der Waals surface area contributed by atoms with E-state index in [1.807, 2.05) is 24.3 Å². The van der Waals surface area contributed by atoms with Crippen molar-refractivity contribution in [3.8, 4) is 11.5 Å². The molecule has 1 N–H and O–H groups in total. The van der Waals surface area contributed by atoms with E-state index in [0.717, 1.165) is 29.2 Å². The van der Waals surface area contributed by atoms with Crippen LogP contribution in [0.15, 0.2) is 42.5 Å². The second-order valence-corrected chi connectivity index (χ2v) is 4.78. The van der Waals surface area contributed by atoms with Crippen LogP contribution in [-0.4, -0.2) is 19.8 Å². The lowest BCUT2D eigenvalue weighted by Gasteiger charge is -2.14. The van der Waals surface area contributed by atoms with Gasteiger partial charge in [-0.2, -0.15) is 0 Å². The average molecular weight is 273 g/mol. The van der Waals surface area contributed by atoms with Crippen molar-refractivity contribution < 1.29 is 13.9 Å². The minimum absolute atomic E-state index is 0.0108. The van der Waals surface area contributed by atoms with Crippen molar-refractivity contribution in [3.05, 3.63) is 53.8 Å². The summed E-state index contributed by atoms with van der Waals surface area (Å²) in [4.78, 5) is 0. The quantitative estimate of drug-likeness (QED) is 0.927. The first-order valence-electron chi connectivity index (χ1n) is 6.58. The highest BCUT2D eigenvalue weighted by Gasteiger charge is 2.23. The predicted octanol–water partition coefficient (Wildman–Crippen LogP) is 3.25. The van der Waals surface area contributed by atoms with Crippen LogP contribution < -0.4 is 14.8 Å². The maximum Gasteiger partial charge on any atom is 0.141 e. The number of para-hydroxylation sites is 2. The number of fused-ring (bicyclic) bond motifs is 1. The molecule has 1 heterocycles. The van der Waals surface area contributed by atoms with Gasteiger partial charge in [0, 0.05) is 12.0 Å². The topological polar surface area (TPSA) is 30.5 Å². The van der Waals surface area contributed by atoms with Gasteiger partial charge in [0.25, 0.3) is 0 Å². The normalized spacial score (nSPS) is 16.4. The van der Waals surface area contributed by atoms with Crippen molar-refractivity contribution in [2.24, 2.45) is 0 Å². The summed E-state index contributed by atoms with van der Waals surface area (Å²) in [6.45, 7) is 0.649. The molecule has 104 valence electrons. The Morgan fingerprint density at radius 3 is 3.00 bits per heavy atom. The number of hydrogen-bond acceptors (Lipinski definition) is 3. The fraction of sp³-hybridized carbons (Fsp3) is 0.250. The van der Waals surface area contributed by atoms with Crippen molar-refractivity contribution in [2.45, 2.75) is 12.5 Å². The SMILES string of the molecule is COc1ccccc1NCC1Cc2cc(F)ccc2O1. The number of ether oxygens (including phenoxy) is 2. The standard InChI is InChI=1S/C16H16FNO2/c1-19-16-5-3-2-4-14(16)18-10-13-9-11-8-12(17)6-7-15(11)20-13/h2-8,13,18H,9-10H2,1H3.